The average Bonchev–Trinajstić information content (AvgIpc) is 3.02. The summed E-state index contributed by atoms with van der Waals surface area (Å²) in [5.74, 6) is 7.46. The van der Waals surface area contributed by atoms with Gasteiger partial charge < -0.3 is 15.0 Å². The number of aryl methyl sites for hydroxylation is 1. The predicted octanol–water partition coefficient (Wildman–Crippen LogP) is 4.67. The lowest BCUT2D eigenvalue weighted by Crippen LogP contribution is -2.07. The van der Waals surface area contributed by atoms with Crippen LogP contribution in [0.1, 0.15) is 55.0 Å². The first-order chi connectivity index (χ1) is 14.0. The molecule has 0 aliphatic carbocycles. The number of unbranched alkanes of at least 4 members (excludes halogenated alkanes) is 3. The second-order valence-corrected chi connectivity index (χ2v) is 7.40. The minimum Gasteiger partial charge on any atom is -0.496 e. The summed E-state index contributed by atoms with van der Waals surface area (Å²) in [4.78, 5) is 13.1. The maximum atomic E-state index is 6.40. The van der Waals surface area contributed by atoms with Gasteiger partial charge in [-0.2, -0.15) is 4.98 Å². The summed E-state index contributed by atoms with van der Waals surface area (Å²) < 4.78 is 7.50. The van der Waals surface area contributed by atoms with Gasteiger partial charge >= 0.3 is 0 Å². The zero-order valence-corrected chi connectivity index (χ0v) is 18.1. The van der Waals surface area contributed by atoms with E-state index in [1.165, 1.54) is 12.8 Å². The molecule has 0 saturated heterocycles. The van der Waals surface area contributed by atoms with Crippen molar-refractivity contribution in [2.75, 3.05) is 12.8 Å². The fraction of sp³-hybridized carbons (Fsp3) is 0.409. The zero-order chi connectivity index (χ0) is 21.0. The van der Waals surface area contributed by atoms with Crippen LogP contribution in [0, 0.1) is 25.7 Å². The van der Waals surface area contributed by atoms with Crippen LogP contribution in [-0.2, 0) is 6.54 Å². The summed E-state index contributed by atoms with van der Waals surface area (Å²) in [7, 11) is 1.67. The van der Waals surface area contributed by atoms with Crippen LogP contribution in [0.25, 0.3) is 11.0 Å². The van der Waals surface area contributed by atoms with E-state index in [0.717, 1.165) is 46.4 Å². The van der Waals surface area contributed by atoms with Gasteiger partial charge in [-0.15, -0.1) is 0 Å². The van der Waals surface area contributed by atoms with Crippen molar-refractivity contribution in [2.45, 2.75) is 53.0 Å². The third-order valence-corrected chi connectivity index (χ3v) is 5.16. The van der Waals surface area contributed by atoms with Gasteiger partial charge in [-0.25, -0.2) is 4.98 Å². The number of anilines is 1. The molecular formula is C22H26ClN5O. The van der Waals surface area contributed by atoms with Gasteiger partial charge in [0, 0.05) is 29.9 Å². The number of pyridine rings is 1. The normalized spacial score (nSPS) is 10.8. The highest BCUT2D eigenvalue weighted by atomic mass is 35.5. The number of hydrogen-bond donors (Lipinski definition) is 1. The zero-order valence-electron chi connectivity index (χ0n) is 17.3. The number of ether oxygens (including phenoxy) is 1. The van der Waals surface area contributed by atoms with Crippen molar-refractivity contribution >= 4 is 28.6 Å². The van der Waals surface area contributed by atoms with Crippen LogP contribution in [0.5, 0.6) is 5.75 Å². The molecule has 0 atom stereocenters. The Hall–Kier alpha value is -2.78. The number of nitrogen functional groups attached to an aromatic ring is 1. The molecular weight excluding hydrogens is 386 g/mol. The second-order valence-electron chi connectivity index (χ2n) is 7.05. The molecule has 0 bridgehead atoms. The molecule has 0 saturated carbocycles. The van der Waals surface area contributed by atoms with E-state index in [-0.39, 0.29) is 5.95 Å². The molecule has 0 aliphatic rings. The van der Waals surface area contributed by atoms with Crippen molar-refractivity contribution in [1.29, 1.82) is 0 Å². The van der Waals surface area contributed by atoms with Gasteiger partial charge in [0.1, 0.15) is 16.5 Å². The van der Waals surface area contributed by atoms with Crippen molar-refractivity contribution < 1.29 is 4.74 Å². The van der Waals surface area contributed by atoms with Crippen molar-refractivity contribution in [3.8, 4) is 17.6 Å². The molecule has 2 N–H and O–H groups in total. The number of halogens is 1. The molecule has 29 heavy (non-hydrogen) atoms. The van der Waals surface area contributed by atoms with Crippen molar-refractivity contribution in [2.24, 2.45) is 0 Å². The van der Waals surface area contributed by atoms with E-state index in [1.807, 2.05) is 30.8 Å². The molecule has 6 nitrogen and oxygen atoms in total. The molecule has 0 spiro atoms. The number of methoxy groups -OCH3 is 1. The number of aromatic nitrogens is 4. The van der Waals surface area contributed by atoms with Gasteiger partial charge in [0.05, 0.1) is 30.3 Å². The molecule has 3 aromatic rings. The first kappa shape index (κ1) is 20.9. The highest BCUT2D eigenvalue weighted by Gasteiger charge is 2.17. The number of nitrogens with two attached hydrogens (primary N) is 1. The lowest BCUT2D eigenvalue weighted by atomic mass is 10.1. The molecule has 0 amide bonds. The fourth-order valence-corrected chi connectivity index (χ4v) is 3.66. The number of nitrogens with zero attached hydrogens (tertiary/aromatic N) is 4. The highest BCUT2D eigenvalue weighted by molar-refractivity contribution is 6.34. The molecule has 3 aromatic heterocycles. The quantitative estimate of drug-likeness (QED) is 0.362. The maximum absolute atomic E-state index is 6.40. The van der Waals surface area contributed by atoms with E-state index in [9.17, 15) is 0 Å². The van der Waals surface area contributed by atoms with Crippen LogP contribution in [-0.4, -0.2) is 26.6 Å². The Labute approximate surface area is 176 Å². The Balaban J connectivity index is 2.04. The molecule has 0 aromatic carbocycles. The van der Waals surface area contributed by atoms with Crippen LogP contribution < -0.4 is 10.5 Å². The van der Waals surface area contributed by atoms with Crippen molar-refractivity contribution in [3.63, 3.8) is 0 Å². The van der Waals surface area contributed by atoms with Crippen LogP contribution in [0.2, 0.25) is 5.15 Å². The molecule has 0 radical (unpaired) electrons. The maximum Gasteiger partial charge on any atom is 0.223 e. The minimum absolute atomic E-state index is 0.135. The van der Waals surface area contributed by atoms with Gasteiger partial charge in [-0.1, -0.05) is 43.2 Å². The van der Waals surface area contributed by atoms with E-state index in [0.29, 0.717) is 17.3 Å². The van der Waals surface area contributed by atoms with Crippen LogP contribution >= 0.6 is 11.6 Å². The summed E-state index contributed by atoms with van der Waals surface area (Å²) in [5.41, 5.74) is 10.2. The van der Waals surface area contributed by atoms with E-state index in [4.69, 9.17) is 22.1 Å². The van der Waals surface area contributed by atoms with Crippen LogP contribution in [0.15, 0.2) is 12.4 Å². The van der Waals surface area contributed by atoms with Gasteiger partial charge in [-0.05, 0) is 20.3 Å². The summed E-state index contributed by atoms with van der Waals surface area (Å²) in [6.45, 7) is 6.67. The smallest absolute Gasteiger partial charge is 0.223 e. The van der Waals surface area contributed by atoms with Crippen molar-refractivity contribution in [3.05, 3.63) is 39.9 Å². The predicted molar refractivity (Wildman–Crippen MR) is 117 cm³/mol. The highest BCUT2D eigenvalue weighted by Crippen LogP contribution is 2.29. The van der Waals surface area contributed by atoms with Crippen LogP contribution in [0.3, 0.4) is 0 Å². The molecule has 3 heterocycles. The largest absolute Gasteiger partial charge is 0.496 e. The molecule has 3 rings (SSSR count). The Morgan fingerprint density at radius 3 is 2.76 bits per heavy atom. The minimum atomic E-state index is 0.135. The van der Waals surface area contributed by atoms with Gasteiger partial charge in [-0.3, -0.25) is 4.98 Å². The number of rotatable bonds is 6. The second kappa shape index (κ2) is 9.15. The first-order valence-electron chi connectivity index (χ1n) is 9.76. The first-order valence-corrected chi connectivity index (χ1v) is 10.1. The van der Waals surface area contributed by atoms with E-state index in [1.54, 1.807) is 7.11 Å². The number of fused-ring (bicyclic) bond motifs is 1. The lowest BCUT2D eigenvalue weighted by molar-refractivity contribution is 0.406. The third kappa shape index (κ3) is 4.46. The monoisotopic (exact) mass is 411 g/mol. The summed E-state index contributed by atoms with van der Waals surface area (Å²) in [6.07, 6.45) is 8.06. The Morgan fingerprint density at radius 1 is 1.24 bits per heavy atom. The Morgan fingerprint density at radius 2 is 2.03 bits per heavy atom. The molecule has 152 valence electrons. The topological polar surface area (TPSA) is 78.8 Å². The fourth-order valence-electron chi connectivity index (χ4n) is 3.39. The van der Waals surface area contributed by atoms with E-state index in [2.05, 4.69) is 33.7 Å². The SMILES string of the molecule is CCCCCC#Cc1cn(Cc2ncc(C)c(OC)c2C)c2nc(N)nc(Cl)c12. The Kier molecular flexibility index (Phi) is 6.60. The molecule has 0 unspecified atom stereocenters. The number of hydrogen-bond acceptors (Lipinski definition) is 5. The van der Waals surface area contributed by atoms with E-state index >= 15 is 0 Å². The summed E-state index contributed by atoms with van der Waals surface area (Å²) in [6, 6.07) is 0. The molecule has 0 aliphatic heterocycles. The van der Waals surface area contributed by atoms with Crippen molar-refractivity contribution in [1.82, 2.24) is 19.5 Å². The summed E-state index contributed by atoms with van der Waals surface area (Å²) >= 11 is 6.40. The van der Waals surface area contributed by atoms with Gasteiger partial charge in [0.15, 0.2) is 0 Å². The third-order valence-electron chi connectivity index (χ3n) is 4.89. The molecule has 0 fully saturated rings. The van der Waals surface area contributed by atoms with E-state index < -0.39 is 0 Å². The Bertz CT molecular complexity index is 1090. The lowest BCUT2D eigenvalue weighted by Gasteiger charge is -2.13. The van der Waals surface area contributed by atoms with Gasteiger partial charge in [0.25, 0.3) is 0 Å². The standard InChI is InChI=1S/C22H26ClN5O/c1-5-6-7-8-9-10-16-12-28(21-18(16)20(23)26-22(24)27-21)13-17-15(3)19(29-4)14(2)11-25-17/h11-12H,5-8,13H2,1-4H3,(H2,24,26,27). The summed E-state index contributed by atoms with van der Waals surface area (Å²) in [5, 5.41) is 1.04. The van der Waals surface area contributed by atoms with Gasteiger partial charge in [0.2, 0.25) is 5.95 Å². The average molecular weight is 412 g/mol. The molecule has 7 heteroatoms. The van der Waals surface area contributed by atoms with Crippen LogP contribution in [0.4, 0.5) is 5.95 Å².